The number of aliphatic hydroxyl groups excluding tert-OH is 1. The van der Waals surface area contributed by atoms with E-state index >= 15 is 0 Å². The van der Waals surface area contributed by atoms with Crippen LogP contribution in [-0.2, 0) is 0 Å². The summed E-state index contributed by atoms with van der Waals surface area (Å²) in [7, 11) is 0. The van der Waals surface area contributed by atoms with Crippen LogP contribution in [0.4, 0.5) is 5.69 Å². The summed E-state index contributed by atoms with van der Waals surface area (Å²) in [6, 6.07) is 3.45. The lowest BCUT2D eigenvalue weighted by Crippen LogP contribution is -2.21. The molecule has 0 heterocycles. The van der Waals surface area contributed by atoms with Crippen molar-refractivity contribution in [1.82, 2.24) is 0 Å². The van der Waals surface area contributed by atoms with Gasteiger partial charge in [0, 0.05) is 11.0 Å². The Morgan fingerprint density at radius 1 is 1.33 bits per heavy atom. The van der Waals surface area contributed by atoms with Gasteiger partial charge in [-0.2, -0.15) is 0 Å². The number of rotatable bonds is 4. The monoisotopic (exact) mass is 331 g/mol. The van der Waals surface area contributed by atoms with E-state index in [1.54, 1.807) is 12.1 Å². The fraction of sp³-hybridized carbons (Fsp3) is 0.333. The Hall–Kier alpha value is 0.330. The fourth-order valence-corrected chi connectivity index (χ4v) is 2.44. The normalized spacial score (nSPS) is 12.6. The first-order chi connectivity index (χ1) is 7.04. The predicted molar refractivity (Wildman–Crippen MR) is 69.4 cm³/mol. The van der Waals surface area contributed by atoms with Crippen LogP contribution in [0.5, 0.6) is 0 Å². The zero-order chi connectivity index (χ0) is 11.4. The van der Waals surface area contributed by atoms with Crippen LogP contribution in [0.3, 0.4) is 0 Å². The van der Waals surface area contributed by atoms with Crippen molar-refractivity contribution < 1.29 is 5.11 Å². The standard InChI is InChI=1S/C9H9BrCl3NO/c10-5-1-7(12)9(8(13)2-5)14-4-6(15)3-11/h1-2,6,14-15H,3-4H2. The Balaban J connectivity index is 2.77. The summed E-state index contributed by atoms with van der Waals surface area (Å²) in [5.41, 5.74) is 0.603. The van der Waals surface area contributed by atoms with Crippen molar-refractivity contribution in [2.24, 2.45) is 0 Å². The van der Waals surface area contributed by atoms with Crippen molar-refractivity contribution in [2.75, 3.05) is 17.7 Å². The van der Waals surface area contributed by atoms with Crippen molar-refractivity contribution in [3.05, 3.63) is 26.7 Å². The molecule has 0 spiro atoms. The molecule has 0 amide bonds. The Morgan fingerprint density at radius 2 is 1.87 bits per heavy atom. The first kappa shape index (κ1) is 13.4. The summed E-state index contributed by atoms with van der Waals surface area (Å²) < 4.78 is 0.806. The lowest BCUT2D eigenvalue weighted by molar-refractivity contribution is 0.211. The van der Waals surface area contributed by atoms with Gasteiger partial charge in [-0.3, -0.25) is 0 Å². The second-order valence-electron chi connectivity index (χ2n) is 2.93. The largest absolute Gasteiger partial charge is 0.390 e. The van der Waals surface area contributed by atoms with Crippen LogP contribution in [0.25, 0.3) is 0 Å². The first-order valence-corrected chi connectivity index (χ1v) is 6.25. The molecule has 2 N–H and O–H groups in total. The molecule has 6 heteroatoms. The van der Waals surface area contributed by atoms with Gasteiger partial charge in [-0.05, 0) is 12.1 Å². The zero-order valence-corrected chi connectivity index (χ0v) is 11.5. The smallest absolute Gasteiger partial charge is 0.0847 e. The minimum absolute atomic E-state index is 0.165. The molecule has 1 aromatic carbocycles. The summed E-state index contributed by atoms with van der Waals surface area (Å²) >= 11 is 20.7. The summed E-state index contributed by atoms with van der Waals surface area (Å²) in [6.07, 6.45) is -0.623. The van der Waals surface area contributed by atoms with Gasteiger partial charge in [0.15, 0.2) is 0 Å². The van der Waals surface area contributed by atoms with E-state index in [9.17, 15) is 5.11 Å². The van der Waals surface area contributed by atoms with E-state index in [2.05, 4.69) is 21.2 Å². The summed E-state index contributed by atoms with van der Waals surface area (Å²) in [5.74, 6) is 0.165. The first-order valence-electron chi connectivity index (χ1n) is 4.17. The summed E-state index contributed by atoms with van der Waals surface area (Å²) in [6.45, 7) is 0.310. The molecule has 1 rings (SSSR count). The lowest BCUT2D eigenvalue weighted by atomic mass is 10.3. The van der Waals surface area contributed by atoms with Crippen LogP contribution in [-0.4, -0.2) is 23.6 Å². The maximum absolute atomic E-state index is 9.27. The third-order valence-electron chi connectivity index (χ3n) is 1.70. The molecular weight excluding hydrogens is 324 g/mol. The molecule has 1 atom stereocenters. The van der Waals surface area contributed by atoms with Crippen molar-refractivity contribution in [2.45, 2.75) is 6.10 Å². The molecule has 15 heavy (non-hydrogen) atoms. The van der Waals surface area contributed by atoms with Gasteiger partial charge in [0.2, 0.25) is 0 Å². The molecule has 2 nitrogen and oxygen atoms in total. The van der Waals surface area contributed by atoms with Crippen molar-refractivity contribution in [3.8, 4) is 0 Å². The highest BCUT2D eigenvalue weighted by Gasteiger charge is 2.09. The molecule has 0 aromatic heterocycles. The lowest BCUT2D eigenvalue weighted by Gasteiger charge is -2.13. The van der Waals surface area contributed by atoms with Gasteiger partial charge in [0.05, 0.1) is 27.7 Å². The Morgan fingerprint density at radius 3 is 2.33 bits per heavy atom. The Labute approximate surface area is 112 Å². The second kappa shape index (κ2) is 6.16. The quantitative estimate of drug-likeness (QED) is 0.822. The molecule has 0 aliphatic carbocycles. The number of benzene rings is 1. The van der Waals surface area contributed by atoms with Crippen molar-refractivity contribution in [3.63, 3.8) is 0 Å². The average molecular weight is 333 g/mol. The topological polar surface area (TPSA) is 32.3 Å². The minimum atomic E-state index is -0.623. The van der Waals surface area contributed by atoms with Crippen LogP contribution in [0.15, 0.2) is 16.6 Å². The number of anilines is 1. The second-order valence-corrected chi connectivity index (χ2v) is 4.97. The number of nitrogens with one attached hydrogen (secondary N) is 1. The highest BCUT2D eigenvalue weighted by molar-refractivity contribution is 9.10. The third kappa shape index (κ3) is 4.00. The molecule has 0 bridgehead atoms. The van der Waals surface area contributed by atoms with Crippen LogP contribution in [0, 0.1) is 0 Å². The molecule has 0 aliphatic heterocycles. The minimum Gasteiger partial charge on any atom is -0.390 e. The molecule has 1 aromatic rings. The van der Waals surface area contributed by atoms with Gasteiger partial charge in [-0.15, -0.1) is 11.6 Å². The fourth-order valence-electron chi connectivity index (χ4n) is 0.986. The zero-order valence-electron chi connectivity index (χ0n) is 7.61. The number of aliphatic hydroxyl groups is 1. The highest BCUT2D eigenvalue weighted by atomic mass is 79.9. The van der Waals surface area contributed by atoms with Crippen LogP contribution in [0.1, 0.15) is 0 Å². The molecular formula is C9H9BrCl3NO. The van der Waals surface area contributed by atoms with Gasteiger partial charge < -0.3 is 10.4 Å². The van der Waals surface area contributed by atoms with Crippen LogP contribution < -0.4 is 5.32 Å². The summed E-state index contributed by atoms with van der Waals surface area (Å²) in [5, 5.41) is 13.2. The van der Waals surface area contributed by atoms with E-state index in [4.69, 9.17) is 34.8 Å². The molecule has 1 unspecified atom stereocenters. The van der Waals surface area contributed by atoms with Crippen LogP contribution in [0.2, 0.25) is 10.0 Å². The Bertz CT molecular complexity index is 325. The number of hydrogen-bond donors (Lipinski definition) is 2. The predicted octanol–water partition coefficient (Wildman–Crippen LogP) is 3.77. The van der Waals surface area contributed by atoms with E-state index < -0.39 is 6.10 Å². The molecule has 0 fully saturated rings. The average Bonchev–Trinajstić information content (AvgIpc) is 2.15. The van der Waals surface area contributed by atoms with E-state index in [-0.39, 0.29) is 5.88 Å². The van der Waals surface area contributed by atoms with Gasteiger partial charge in [-0.25, -0.2) is 0 Å². The van der Waals surface area contributed by atoms with Gasteiger partial charge in [0.25, 0.3) is 0 Å². The van der Waals surface area contributed by atoms with Crippen molar-refractivity contribution >= 4 is 56.4 Å². The number of alkyl halides is 1. The Kier molecular flexibility index (Phi) is 5.50. The van der Waals surface area contributed by atoms with Gasteiger partial charge in [-0.1, -0.05) is 39.1 Å². The molecule has 0 aliphatic rings. The van der Waals surface area contributed by atoms with E-state index in [1.165, 1.54) is 0 Å². The number of halogens is 4. The van der Waals surface area contributed by atoms with E-state index in [0.29, 0.717) is 22.3 Å². The van der Waals surface area contributed by atoms with Gasteiger partial charge >= 0.3 is 0 Å². The highest BCUT2D eigenvalue weighted by Crippen LogP contribution is 2.33. The summed E-state index contributed by atoms with van der Waals surface area (Å²) in [4.78, 5) is 0. The third-order valence-corrected chi connectivity index (χ3v) is 3.11. The maximum Gasteiger partial charge on any atom is 0.0847 e. The maximum atomic E-state index is 9.27. The van der Waals surface area contributed by atoms with E-state index in [0.717, 1.165) is 4.47 Å². The molecule has 0 saturated heterocycles. The van der Waals surface area contributed by atoms with Crippen LogP contribution >= 0.6 is 50.7 Å². The van der Waals surface area contributed by atoms with E-state index in [1.807, 2.05) is 0 Å². The van der Waals surface area contributed by atoms with Gasteiger partial charge in [0.1, 0.15) is 0 Å². The SMILES string of the molecule is OC(CCl)CNc1c(Cl)cc(Br)cc1Cl. The molecule has 84 valence electrons. The molecule has 0 radical (unpaired) electrons. The van der Waals surface area contributed by atoms with Crippen molar-refractivity contribution in [1.29, 1.82) is 0 Å². The molecule has 0 saturated carbocycles. The number of hydrogen-bond acceptors (Lipinski definition) is 2.